The lowest BCUT2D eigenvalue weighted by Gasteiger charge is -2.24. The fraction of sp³-hybridized carbons (Fsp3) is 0.156. The Kier molecular flexibility index (Phi) is 7.85. The molecule has 1 aliphatic rings. The lowest BCUT2D eigenvalue weighted by Crippen LogP contribution is -2.39. The number of carbonyl (C=O) groups excluding carboxylic acids is 1. The van der Waals surface area contributed by atoms with Crippen LogP contribution in [0.15, 0.2) is 94.0 Å². The second-order valence-corrected chi connectivity index (χ2v) is 12.1. The zero-order chi connectivity index (χ0) is 29.5. The number of hydrogen-bond donors (Lipinski definition) is 0. The van der Waals surface area contributed by atoms with Crippen LogP contribution in [0.1, 0.15) is 36.6 Å². The number of carbonyl (C=O) groups is 1. The third-order valence-corrected chi connectivity index (χ3v) is 9.12. The molecule has 0 N–H and O–H groups in total. The molecule has 6 rings (SSSR count). The van der Waals surface area contributed by atoms with Crippen molar-refractivity contribution in [1.29, 1.82) is 0 Å². The Hall–Kier alpha value is -3.62. The number of allylic oxidation sites excluding steroid dienone is 1. The summed E-state index contributed by atoms with van der Waals surface area (Å²) in [6.07, 6.45) is 3.91. The molecule has 6 nitrogen and oxygen atoms in total. The zero-order valence-electron chi connectivity index (χ0n) is 22.6. The smallest absolute Gasteiger partial charge is 0.338 e. The molecule has 3 heterocycles. The summed E-state index contributed by atoms with van der Waals surface area (Å²) in [5, 5.41) is 2.56. The van der Waals surface area contributed by atoms with Gasteiger partial charge in [-0.25, -0.2) is 9.79 Å². The number of esters is 1. The van der Waals surface area contributed by atoms with Crippen LogP contribution in [0.2, 0.25) is 15.1 Å². The van der Waals surface area contributed by atoms with Crippen molar-refractivity contribution in [3.63, 3.8) is 0 Å². The molecule has 1 aliphatic heterocycles. The SMILES string of the molecule is CCOC(=O)C1=C(C)N=c2s/c(=C/c3cn(Cc4ccc(Cl)c(Cl)c4)c4ccccc34)c(=O)n2[C@H]1c1ccc(Cl)cc1. The largest absolute Gasteiger partial charge is 0.463 e. The molecule has 42 heavy (non-hydrogen) atoms. The minimum atomic E-state index is -0.698. The standard InChI is InChI=1S/C32H24Cl3N3O3S/c1-3-41-31(40)28-18(2)36-32-38(29(28)20-9-11-22(33)12-10-20)30(39)27(42-32)15-21-17-37(26-7-5-4-6-23(21)26)16-19-8-13-24(34)25(35)14-19/h4-15,17,29H,3,16H2,1-2H3/b27-15+/t29-/m0/s1. The summed E-state index contributed by atoms with van der Waals surface area (Å²) in [5.74, 6) is -0.502. The molecule has 212 valence electrons. The second-order valence-electron chi connectivity index (χ2n) is 9.83. The summed E-state index contributed by atoms with van der Waals surface area (Å²) in [6, 6.07) is 20.0. The fourth-order valence-corrected chi connectivity index (χ4v) is 6.73. The van der Waals surface area contributed by atoms with E-state index in [2.05, 4.69) is 9.56 Å². The highest BCUT2D eigenvalue weighted by Gasteiger charge is 2.33. The number of thiazole rings is 1. The number of para-hydroxylation sites is 1. The van der Waals surface area contributed by atoms with Crippen LogP contribution in [0.3, 0.4) is 0 Å². The molecule has 0 bridgehead atoms. The molecule has 2 aromatic heterocycles. The molecule has 0 saturated carbocycles. The Morgan fingerprint density at radius 2 is 1.81 bits per heavy atom. The second kappa shape index (κ2) is 11.6. The van der Waals surface area contributed by atoms with Crippen LogP contribution in [0.5, 0.6) is 0 Å². The third-order valence-electron chi connectivity index (χ3n) is 7.15. The van der Waals surface area contributed by atoms with Crippen molar-refractivity contribution in [2.24, 2.45) is 4.99 Å². The zero-order valence-corrected chi connectivity index (χ0v) is 25.7. The van der Waals surface area contributed by atoms with Crippen molar-refractivity contribution in [3.8, 4) is 0 Å². The van der Waals surface area contributed by atoms with Crippen LogP contribution < -0.4 is 14.9 Å². The summed E-state index contributed by atoms with van der Waals surface area (Å²) < 4.78 is 9.58. The first kappa shape index (κ1) is 28.5. The lowest BCUT2D eigenvalue weighted by atomic mass is 9.96. The van der Waals surface area contributed by atoms with E-state index in [9.17, 15) is 9.59 Å². The molecule has 0 saturated heterocycles. The van der Waals surface area contributed by atoms with Crippen molar-refractivity contribution in [3.05, 3.63) is 136 Å². The highest BCUT2D eigenvalue weighted by molar-refractivity contribution is 7.07. The van der Waals surface area contributed by atoms with Crippen LogP contribution in [0.25, 0.3) is 17.0 Å². The Balaban J connectivity index is 1.50. The first-order valence-corrected chi connectivity index (χ1v) is 15.2. The molecule has 0 radical (unpaired) electrons. The maximum atomic E-state index is 14.1. The molecule has 0 fully saturated rings. The molecule has 3 aromatic carbocycles. The number of benzene rings is 3. The van der Waals surface area contributed by atoms with Gasteiger partial charge >= 0.3 is 5.97 Å². The van der Waals surface area contributed by atoms with Crippen molar-refractivity contribution >= 4 is 69.1 Å². The average molecular weight is 637 g/mol. The Morgan fingerprint density at radius 3 is 2.55 bits per heavy atom. The van der Waals surface area contributed by atoms with Gasteiger partial charge in [0.05, 0.1) is 38.5 Å². The summed E-state index contributed by atoms with van der Waals surface area (Å²) >= 11 is 19.8. The van der Waals surface area contributed by atoms with E-state index < -0.39 is 12.0 Å². The summed E-state index contributed by atoms with van der Waals surface area (Å²) in [5.41, 5.74) is 4.25. The van der Waals surface area contributed by atoms with Crippen molar-refractivity contribution in [2.75, 3.05) is 6.61 Å². The monoisotopic (exact) mass is 635 g/mol. The first-order valence-electron chi connectivity index (χ1n) is 13.2. The molecule has 0 unspecified atom stereocenters. The van der Waals surface area contributed by atoms with Gasteiger partial charge in [0.25, 0.3) is 5.56 Å². The van der Waals surface area contributed by atoms with Gasteiger partial charge < -0.3 is 9.30 Å². The van der Waals surface area contributed by atoms with E-state index in [0.717, 1.165) is 27.6 Å². The van der Waals surface area contributed by atoms with E-state index in [1.165, 1.54) is 11.3 Å². The number of rotatable bonds is 6. The van der Waals surface area contributed by atoms with Gasteiger partial charge in [0, 0.05) is 34.2 Å². The Morgan fingerprint density at radius 1 is 1.05 bits per heavy atom. The van der Waals surface area contributed by atoms with Gasteiger partial charge in [-0.3, -0.25) is 9.36 Å². The predicted molar refractivity (Wildman–Crippen MR) is 169 cm³/mol. The number of ether oxygens (including phenoxy) is 1. The molecular formula is C32H24Cl3N3O3S. The molecule has 10 heteroatoms. The van der Waals surface area contributed by atoms with E-state index in [-0.39, 0.29) is 12.2 Å². The van der Waals surface area contributed by atoms with Gasteiger partial charge in [0.1, 0.15) is 0 Å². The molecule has 5 aromatic rings. The van der Waals surface area contributed by atoms with Crippen LogP contribution in [0.4, 0.5) is 0 Å². The molecule has 1 atom stereocenters. The van der Waals surface area contributed by atoms with Gasteiger partial charge in [-0.1, -0.05) is 82.5 Å². The van der Waals surface area contributed by atoms with Gasteiger partial charge in [-0.15, -0.1) is 0 Å². The van der Waals surface area contributed by atoms with Gasteiger partial charge in [-0.2, -0.15) is 0 Å². The van der Waals surface area contributed by atoms with E-state index >= 15 is 0 Å². The quantitative estimate of drug-likeness (QED) is 0.194. The summed E-state index contributed by atoms with van der Waals surface area (Å²) in [4.78, 5) is 32.3. The van der Waals surface area contributed by atoms with Crippen molar-refractivity contribution < 1.29 is 9.53 Å². The maximum absolute atomic E-state index is 14.1. The molecule has 0 spiro atoms. The molecule has 0 aliphatic carbocycles. The van der Waals surface area contributed by atoms with E-state index in [1.807, 2.05) is 60.8 Å². The number of fused-ring (bicyclic) bond motifs is 2. The number of halogens is 3. The fourth-order valence-electron chi connectivity index (χ4n) is 5.25. The van der Waals surface area contributed by atoms with Crippen LogP contribution >= 0.6 is 46.1 Å². The highest BCUT2D eigenvalue weighted by Crippen LogP contribution is 2.31. The molecular weight excluding hydrogens is 613 g/mol. The number of hydrogen-bond acceptors (Lipinski definition) is 5. The van der Waals surface area contributed by atoms with E-state index in [0.29, 0.717) is 42.2 Å². The third kappa shape index (κ3) is 5.22. The normalized spacial score (nSPS) is 15.2. The van der Waals surface area contributed by atoms with Gasteiger partial charge in [0.15, 0.2) is 4.80 Å². The van der Waals surface area contributed by atoms with E-state index in [1.54, 1.807) is 36.6 Å². The van der Waals surface area contributed by atoms with E-state index in [4.69, 9.17) is 39.5 Å². The number of aromatic nitrogens is 2. The maximum Gasteiger partial charge on any atom is 0.338 e. The average Bonchev–Trinajstić information content (AvgIpc) is 3.47. The highest BCUT2D eigenvalue weighted by atomic mass is 35.5. The van der Waals surface area contributed by atoms with Crippen LogP contribution in [-0.4, -0.2) is 21.7 Å². The van der Waals surface area contributed by atoms with Crippen molar-refractivity contribution in [1.82, 2.24) is 9.13 Å². The minimum Gasteiger partial charge on any atom is -0.463 e. The minimum absolute atomic E-state index is 0.208. The molecule has 0 amide bonds. The van der Waals surface area contributed by atoms with Crippen molar-refractivity contribution in [2.45, 2.75) is 26.4 Å². The first-order chi connectivity index (χ1) is 20.2. The van der Waals surface area contributed by atoms with Gasteiger partial charge in [-0.05, 0) is 61.4 Å². The van der Waals surface area contributed by atoms with Crippen LogP contribution in [-0.2, 0) is 16.1 Å². The lowest BCUT2D eigenvalue weighted by molar-refractivity contribution is -0.139. The van der Waals surface area contributed by atoms with Gasteiger partial charge in [0.2, 0.25) is 0 Å². The number of nitrogens with zero attached hydrogens (tertiary/aromatic N) is 3. The summed E-state index contributed by atoms with van der Waals surface area (Å²) in [7, 11) is 0. The Bertz CT molecular complexity index is 2070. The topological polar surface area (TPSA) is 65.6 Å². The predicted octanol–water partition coefficient (Wildman–Crippen LogP) is 6.76. The van der Waals surface area contributed by atoms with Crippen LogP contribution in [0, 0.1) is 0 Å². The summed E-state index contributed by atoms with van der Waals surface area (Å²) in [6.45, 7) is 4.30. The Labute approximate surface area is 260 Å².